The minimum absolute atomic E-state index is 0.0353. The summed E-state index contributed by atoms with van der Waals surface area (Å²) in [5, 5.41) is 0.0580. The molecule has 0 spiro atoms. The average Bonchev–Trinajstić information content (AvgIpc) is 2.58. The number of sulfonamides is 1. The second-order valence-electron chi connectivity index (χ2n) is 6.03. The minimum atomic E-state index is -3.63. The lowest BCUT2D eigenvalue weighted by atomic mass is 9.75. The van der Waals surface area contributed by atoms with Crippen molar-refractivity contribution in [2.45, 2.75) is 50.6 Å². The van der Waals surface area contributed by atoms with Gasteiger partial charge in [-0.05, 0) is 24.7 Å². The van der Waals surface area contributed by atoms with Gasteiger partial charge in [-0.3, -0.25) is 0 Å². The maximum Gasteiger partial charge on any atom is 0.261 e. The third-order valence-corrected chi connectivity index (χ3v) is 5.62. The highest BCUT2D eigenvalue weighted by Gasteiger charge is 2.32. The van der Waals surface area contributed by atoms with Gasteiger partial charge in [-0.2, -0.15) is 0 Å². The lowest BCUT2D eigenvalue weighted by Crippen LogP contribution is -2.40. The van der Waals surface area contributed by atoms with Gasteiger partial charge in [0.1, 0.15) is 5.15 Å². The van der Waals surface area contributed by atoms with E-state index in [0.717, 1.165) is 25.7 Å². The summed E-state index contributed by atoms with van der Waals surface area (Å²) < 4.78 is 28.8. The van der Waals surface area contributed by atoms with Gasteiger partial charge in [0, 0.05) is 13.1 Å². The van der Waals surface area contributed by atoms with Crippen LogP contribution in [0.3, 0.4) is 0 Å². The van der Waals surface area contributed by atoms with Crippen LogP contribution in [0, 0.1) is 5.41 Å². The third-order valence-electron chi connectivity index (χ3n) is 3.62. The second-order valence-corrected chi connectivity index (χ2v) is 8.02. The predicted molar refractivity (Wildman–Crippen MR) is 74.6 cm³/mol. The number of aromatic nitrogens is 2. The highest BCUT2D eigenvalue weighted by molar-refractivity contribution is 7.89. The number of hydrogen-bond donors (Lipinski definition) is 1. The van der Waals surface area contributed by atoms with E-state index in [1.165, 1.54) is 10.9 Å². The Balaban J connectivity index is 2.16. The Morgan fingerprint density at radius 1 is 1.53 bits per heavy atom. The number of aryl methyl sites for hydroxylation is 1. The van der Waals surface area contributed by atoms with Gasteiger partial charge in [-0.1, -0.05) is 31.9 Å². The topological polar surface area (TPSA) is 64.0 Å². The van der Waals surface area contributed by atoms with E-state index in [1.807, 2.05) is 0 Å². The standard InChI is InChI=1S/C12H20ClN3O2S/c1-12(2)6-4-5-9(7-12)15-19(17,18)11-10(13)16(3)8-14-11/h8-9,15H,4-7H2,1-3H3. The molecular formula is C12H20ClN3O2S. The first-order valence-corrected chi connectivity index (χ1v) is 8.26. The Hall–Kier alpha value is -0.590. The SMILES string of the molecule is Cn1cnc(S(=O)(=O)NC2CCCC(C)(C)C2)c1Cl. The molecule has 1 unspecified atom stereocenters. The molecule has 1 aromatic heterocycles. The predicted octanol–water partition coefficient (Wildman–Crippen LogP) is 2.32. The van der Waals surface area contributed by atoms with Crippen LogP contribution in [-0.2, 0) is 17.1 Å². The van der Waals surface area contributed by atoms with Crippen molar-refractivity contribution in [2.75, 3.05) is 0 Å². The summed E-state index contributed by atoms with van der Waals surface area (Å²) in [4.78, 5) is 3.87. The highest BCUT2D eigenvalue weighted by atomic mass is 35.5. The lowest BCUT2D eigenvalue weighted by Gasteiger charge is -2.35. The van der Waals surface area contributed by atoms with Gasteiger partial charge in [0.25, 0.3) is 10.0 Å². The Morgan fingerprint density at radius 3 is 2.74 bits per heavy atom. The quantitative estimate of drug-likeness (QED) is 0.932. The monoisotopic (exact) mass is 305 g/mol. The van der Waals surface area contributed by atoms with Gasteiger partial charge >= 0.3 is 0 Å². The van der Waals surface area contributed by atoms with E-state index < -0.39 is 10.0 Å². The van der Waals surface area contributed by atoms with E-state index in [2.05, 4.69) is 23.6 Å². The van der Waals surface area contributed by atoms with Crippen LogP contribution >= 0.6 is 11.6 Å². The number of halogens is 1. The maximum absolute atomic E-state index is 12.3. The zero-order valence-corrected chi connectivity index (χ0v) is 13.1. The van der Waals surface area contributed by atoms with Gasteiger partial charge in [0.15, 0.2) is 0 Å². The molecule has 0 saturated heterocycles. The van der Waals surface area contributed by atoms with E-state index in [1.54, 1.807) is 7.05 Å². The molecule has 0 bridgehead atoms. The molecule has 1 N–H and O–H groups in total. The van der Waals surface area contributed by atoms with Crippen LogP contribution in [-0.4, -0.2) is 24.0 Å². The largest absolute Gasteiger partial charge is 0.324 e. The third kappa shape index (κ3) is 3.30. The summed E-state index contributed by atoms with van der Waals surface area (Å²) in [6.07, 6.45) is 5.29. The molecular weight excluding hydrogens is 286 g/mol. The van der Waals surface area contributed by atoms with Gasteiger partial charge < -0.3 is 4.57 Å². The molecule has 1 aliphatic carbocycles. The molecule has 0 aliphatic heterocycles. The molecule has 1 aliphatic rings. The average molecular weight is 306 g/mol. The minimum Gasteiger partial charge on any atom is -0.324 e. The molecule has 7 heteroatoms. The van der Waals surface area contributed by atoms with Crippen molar-refractivity contribution in [1.82, 2.24) is 14.3 Å². The maximum atomic E-state index is 12.3. The molecule has 5 nitrogen and oxygen atoms in total. The van der Waals surface area contributed by atoms with E-state index >= 15 is 0 Å². The number of imidazole rings is 1. The molecule has 2 rings (SSSR count). The summed E-state index contributed by atoms with van der Waals surface area (Å²) in [7, 11) is -1.97. The van der Waals surface area contributed by atoms with Crippen molar-refractivity contribution in [3.63, 3.8) is 0 Å². The van der Waals surface area contributed by atoms with E-state index in [9.17, 15) is 8.42 Å². The molecule has 1 heterocycles. The Kier molecular flexibility index (Phi) is 3.95. The first kappa shape index (κ1) is 14.8. The molecule has 1 atom stereocenters. The van der Waals surface area contributed by atoms with Crippen molar-refractivity contribution in [3.8, 4) is 0 Å². The normalized spacial score (nSPS) is 23.5. The fraction of sp³-hybridized carbons (Fsp3) is 0.750. The Bertz CT molecular complexity index is 566. The van der Waals surface area contributed by atoms with Gasteiger partial charge in [0.2, 0.25) is 5.03 Å². The fourth-order valence-electron chi connectivity index (χ4n) is 2.65. The molecule has 1 aromatic rings. The van der Waals surface area contributed by atoms with E-state index in [-0.39, 0.29) is 21.6 Å². The van der Waals surface area contributed by atoms with Crippen LogP contribution in [0.5, 0.6) is 0 Å². The van der Waals surface area contributed by atoms with Crippen LogP contribution < -0.4 is 4.72 Å². The molecule has 0 aromatic carbocycles. The molecule has 19 heavy (non-hydrogen) atoms. The van der Waals surface area contributed by atoms with Crippen molar-refractivity contribution in [2.24, 2.45) is 12.5 Å². The van der Waals surface area contributed by atoms with Crippen LogP contribution in [0.4, 0.5) is 0 Å². The zero-order valence-electron chi connectivity index (χ0n) is 11.5. The Labute approximate surface area is 119 Å². The van der Waals surface area contributed by atoms with Crippen LogP contribution in [0.1, 0.15) is 39.5 Å². The summed E-state index contributed by atoms with van der Waals surface area (Å²) >= 11 is 5.95. The fourth-order valence-corrected chi connectivity index (χ4v) is 4.35. The molecule has 1 saturated carbocycles. The van der Waals surface area contributed by atoms with Crippen LogP contribution in [0.2, 0.25) is 5.15 Å². The summed E-state index contributed by atoms with van der Waals surface area (Å²) in [6.45, 7) is 4.34. The summed E-state index contributed by atoms with van der Waals surface area (Å²) in [5.74, 6) is 0. The van der Waals surface area contributed by atoms with Gasteiger partial charge in [-0.25, -0.2) is 18.1 Å². The summed E-state index contributed by atoms with van der Waals surface area (Å²) in [5.41, 5.74) is 0.180. The molecule has 1 fully saturated rings. The van der Waals surface area contributed by atoms with E-state index in [0.29, 0.717) is 0 Å². The Morgan fingerprint density at radius 2 is 2.21 bits per heavy atom. The number of hydrogen-bond acceptors (Lipinski definition) is 3. The van der Waals surface area contributed by atoms with Crippen molar-refractivity contribution >= 4 is 21.6 Å². The second kappa shape index (κ2) is 5.07. The smallest absolute Gasteiger partial charge is 0.261 e. The molecule has 0 amide bonds. The number of nitrogens with one attached hydrogen (secondary N) is 1. The van der Waals surface area contributed by atoms with Crippen LogP contribution in [0.25, 0.3) is 0 Å². The van der Waals surface area contributed by atoms with Gasteiger partial charge in [-0.15, -0.1) is 0 Å². The summed E-state index contributed by atoms with van der Waals surface area (Å²) in [6, 6.07) is -0.0353. The molecule has 0 radical (unpaired) electrons. The number of nitrogens with zero attached hydrogens (tertiary/aromatic N) is 2. The zero-order chi connectivity index (χ0) is 14.3. The number of rotatable bonds is 3. The van der Waals surface area contributed by atoms with Gasteiger partial charge in [0.05, 0.1) is 6.33 Å². The van der Waals surface area contributed by atoms with Crippen molar-refractivity contribution in [3.05, 3.63) is 11.5 Å². The first-order valence-electron chi connectivity index (χ1n) is 6.40. The van der Waals surface area contributed by atoms with Crippen molar-refractivity contribution < 1.29 is 8.42 Å². The van der Waals surface area contributed by atoms with Crippen LogP contribution in [0.15, 0.2) is 11.4 Å². The first-order chi connectivity index (χ1) is 8.71. The molecule has 108 valence electrons. The van der Waals surface area contributed by atoms with Crippen molar-refractivity contribution in [1.29, 1.82) is 0 Å². The lowest BCUT2D eigenvalue weighted by molar-refractivity contribution is 0.212. The van der Waals surface area contributed by atoms with E-state index in [4.69, 9.17) is 11.6 Å². The highest BCUT2D eigenvalue weighted by Crippen LogP contribution is 2.35.